The van der Waals surface area contributed by atoms with E-state index < -0.39 is 0 Å². The first-order valence-electron chi connectivity index (χ1n) is 17.3. The van der Waals surface area contributed by atoms with Crippen molar-refractivity contribution < 1.29 is 4.42 Å². The van der Waals surface area contributed by atoms with Crippen molar-refractivity contribution in [3.05, 3.63) is 157 Å². The number of nitrogens with zero attached hydrogens (tertiary/aromatic N) is 3. The van der Waals surface area contributed by atoms with Gasteiger partial charge < -0.3 is 4.42 Å². The van der Waals surface area contributed by atoms with Crippen molar-refractivity contribution in [2.75, 3.05) is 0 Å². The molecule has 236 valence electrons. The van der Waals surface area contributed by atoms with Gasteiger partial charge in [0.2, 0.25) is 0 Å². The zero-order valence-corrected chi connectivity index (χ0v) is 27.2. The highest BCUT2D eigenvalue weighted by Crippen LogP contribution is 2.43. The number of hydrogen-bond donors (Lipinski definition) is 0. The van der Waals surface area contributed by atoms with Crippen LogP contribution in [0.3, 0.4) is 0 Å². The number of aromatic nitrogens is 3. The van der Waals surface area contributed by atoms with Crippen LogP contribution in [0.5, 0.6) is 0 Å². The van der Waals surface area contributed by atoms with Crippen molar-refractivity contribution >= 4 is 27.5 Å². The standard InChI is InChI=1S/C45H35N3O/c1-3-15-30(16-4-1)43-46-44(31-17-5-2-6-18-31)48-45(47-43)33-20-13-19-32(29-33)34-21-7-8-22-35(34)36-23-9-10-24-37(36)38-26-14-28-41-42(38)39-25-11-12-27-40(39)49-41/h1,3,5,7-15,17,19-29,31H,2,4,6,16,18H2. The summed E-state index contributed by atoms with van der Waals surface area (Å²) in [7, 11) is 0. The second kappa shape index (κ2) is 12.6. The Hall–Kier alpha value is -5.87. The fraction of sp³-hybridized carbons (Fsp3) is 0.133. The smallest absolute Gasteiger partial charge is 0.163 e. The molecule has 0 aliphatic heterocycles. The summed E-state index contributed by atoms with van der Waals surface area (Å²) >= 11 is 0. The zero-order chi connectivity index (χ0) is 32.6. The molecule has 0 amide bonds. The number of benzene rings is 5. The first-order valence-corrected chi connectivity index (χ1v) is 17.3. The van der Waals surface area contributed by atoms with E-state index in [2.05, 4.69) is 134 Å². The second-order valence-corrected chi connectivity index (χ2v) is 12.9. The van der Waals surface area contributed by atoms with Crippen LogP contribution in [0, 0.1) is 0 Å². The normalized spacial score (nSPS) is 15.9. The molecular weight excluding hydrogens is 599 g/mol. The largest absolute Gasteiger partial charge is 0.456 e. The van der Waals surface area contributed by atoms with E-state index in [0.29, 0.717) is 0 Å². The summed E-state index contributed by atoms with van der Waals surface area (Å²) in [4.78, 5) is 15.2. The maximum absolute atomic E-state index is 6.28. The highest BCUT2D eigenvalue weighted by Gasteiger charge is 2.21. The Morgan fingerprint density at radius 1 is 0.571 bits per heavy atom. The third kappa shape index (κ3) is 5.49. The highest BCUT2D eigenvalue weighted by atomic mass is 16.3. The van der Waals surface area contributed by atoms with Crippen LogP contribution in [0.4, 0.5) is 0 Å². The van der Waals surface area contributed by atoms with Gasteiger partial charge in [-0.25, -0.2) is 15.0 Å². The average Bonchev–Trinajstić information content (AvgIpc) is 3.58. The van der Waals surface area contributed by atoms with Crippen LogP contribution in [0.1, 0.15) is 49.7 Å². The lowest BCUT2D eigenvalue weighted by molar-refractivity contribution is 0.621. The van der Waals surface area contributed by atoms with Crippen molar-refractivity contribution in [2.45, 2.75) is 38.0 Å². The third-order valence-electron chi connectivity index (χ3n) is 9.81. The van der Waals surface area contributed by atoms with Gasteiger partial charge in [-0.1, -0.05) is 127 Å². The molecule has 49 heavy (non-hydrogen) atoms. The summed E-state index contributed by atoms with van der Waals surface area (Å²) in [5.74, 6) is 2.61. The summed E-state index contributed by atoms with van der Waals surface area (Å²) < 4.78 is 6.28. The van der Waals surface area contributed by atoms with Crippen LogP contribution >= 0.6 is 0 Å². The maximum Gasteiger partial charge on any atom is 0.163 e. The third-order valence-corrected chi connectivity index (χ3v) is 9.81. The minimum absolute atomic E-state index is 0.214. The molecule has 5 aromatic carbocycles. The van der Waals surface area contributed by atoms with Gasteiger partial charge in [-0.05, 0) is 89.3 Å². The van der Waals surface area contributed by atoms with Gasteiger partial charge in [-0.2, -0.15) is 0 Å². The van der Waals surface area contributed by atoms with E-state index in [-0.39, 0.29) is 5.92 Å². The molecule has 0 fully saturated rings. The van der Waals surface area contributed by atoms with Crippen LogP contribution in [-0.4, -0.2) is 15.0 Å². The van der Waals surface area contributed by atoms with E-state index >= 15 is 0 Å². The minimum Gasteiger partial charge on any atom is -0.456 e. The molecule has 0 saturated heterocycles. The highest BCUT2D eigenvalue weighted by molar-refractivity contribution is 6.14. The summed E-state index contributed by atoms with van der Waals surface area (Å²) in [6.45, 7) is 0. The Morgan fingerprint density at radius 2 is 1.27 bits per heavy atom. The number of furan rings is 1. The molecule has 9 rings (SSSR count). The summed E-state index contributed by atoms with van der Waals surface area (Å²) in [6.07, 6.45) is 16.3. The molecule has 4 heteroatoms. The number of allylic oxidation sites excluding steroid dienone is 6. The lowest BCUT2D eigenvalue weighted by Gasteiger charge is -2.18. The van der Waals surface area contributed by atoms with Gasteiger partial charge in [0.15, 0.2) is 11.6 Å². The van der Waals surface area contributed by atoms with E-state index in [0.717, 1.165) is 93.8 Å². The van der Waals surface area contributed by atoms with Crippen LogP contribution in [0.15, 0.2) is 150 Å². The van der Waals surface area contributed by atoms with Crippen molar-refractivity contribution in [3.8, 4) is 44.8 Å². The molecular formula is C45H35N3O. The Morgan fingerprint density at radius 3 is 2.08 bits per heavy atom. The van der Waals surface area contributed by atoms with E-state index in [1.54, 1.807) is 0 Å². The molecule has 7 aromatic rings. The topological polar surface area (TPSA) is 51.8 Å². The summed E-state index contributed by atoms with van der Waals surface area (Å²) in [6, 6.07) is 40.7. The molecule has 2 aliphatic carbocycles. The van der Waals surface area contributed by atoms with Crippen LogP contribution < -0.4 is 0 Å². The van der Waals surface area contributed by atoms with E-state index in [1.807, 2.05) is 12.1 Å². The van der Waals surface area contributed by atoms with Crippen LogP contribution in [-0.2, 0) is 0 Å². The van der Waals surface area contributed by atoms with Crippen molar-refractivity contribution in [2.24, 2.45) is 0 Å². The molecule has 2 aliphatic rings. The lowest BCUT2D eigenvalue weighted by Crippen LogP contribution is -2.10. The second-order valence-electron chi connectivity index (χ2n) is 12.9. The lowest BCUT2D eigenvalue weighted by atomic mass is 9.88. The molecule has 2 heterocycles. The van der Waals surface area contributed by atoms with Gasteiger partial charge in [0.1, 0.15) is 17.0 Å². The zero-order valence-electron chi connectivity index (χ0n) is 27.2. The summed E-state index contributed by atoms with van der Waals surface area (Å²) in [5, 5.41) is 2.27. The Kier molecular flexibility index (Phi) is 7.55. The molecule has 1 atom stereocenters. The average molecular weight is 634 g/mol. The van der Waals surface area contributed by atoms with Gasteiger partial charge in [0.25, 0.3) is 0 Å². The summed E-state index contributed by atoms with van der Waals surface area (Å²) in [5.41, 5.74) is 10.9. The molecule has 0 bridgehead atoms. The monoisotopic (exact) mass is 633 g/mol. The van der Waals surface area contributed by atoms with E-state index in [9.17, 15) is 0 Å². The SMILES string of the molecule is C1=CCCC(c2nc(-c3cccc(-c4ccccc4-c4ccccc4-c4cccc5oc6ccccc6c45)c3)nc(C3C=CCCC3)n2)=C1. The minimum atomic E-state index is 0.214. The van der Waals surface area contributed by atoms with Gasteiger partial charge in [0.05, 0.1) is 0 Å². The van der Waals surface area contributed by atoms with Crippen LogP contribution in [0.25, 0.3) is 72.3 Å². The predicted molar refractivity (Wildman–Crippen MR) is 201 cm³/mol. The van der Waals surface area contributed by atoms with Gasteiger partial charge in [-0.3, -0.25) is 0 Å². The molecule has 0 N–H and O–H groups in total. The fourth-order valence-electron chi connectivity index (χ4n) is 7.39. The number of rotatable bonds is 6. The molecule has 1 unspecified atom stereocenters. The molecule has 0 saturated carbocycles. The number of fused-ring (bicyclic) bond motifs is 3. The van der Waals surface area contributed by atoms with E-state index in [1.165, 1.54) is 22.3 Å². The Labute approximate surface area is 286 Å². The van der Waals surface area contributed by atoms with Gasteiger partial charge in [0, 0.05) is 22.3 Å². The number of hydrogen-bond acceptors (Lipinski definition) is 4. The molecule has 0 spiro atoms. The Balaban J connectivity index is 1.17. The predicted octanol–water partition coefficient (Wildman–Crippen LogP) is 12.0. The first kappa shape index (κ1) is 29.3. The van der Waals surface area contributed by atoms with Crippen LogP contribution in [0.2, 0.25) is 0 Å². The van der Waals surface area contributed by atoms with Gasteiger partial charge >= 0.3 is 0 Å². The quantitative estimate of drug-likeness (QED) is 0.171. The molecule has 4 nitrogen and oxygen atoms in total. The Bertz CT molecular complexity index is 2450. The molecule has 0 radical (unpaired) electrons. The maximum atomic E-state index is 6.28. The van der Waals surface area contributed by atoms with Crippen molar-refractivity contribution in [3.63, 3.8) is 0 Å². The first-order chi connectivity index (χ1) is 24.3. The van der Waals surface area contributed by atoms with Gasteiger partial charge in [-0.15, -0.1) is 0 Å². The molecule has 2 aromatic heterocycles. The van der Waals surface area contributed by atoms with Crippen molar-refractivity contribution in [1.82, 2.24) is 15.0 Å². The van der Waals surface area contributed by atoms with E-state index in [4.69, 9.17) is 19.4 Å². The number of para-hydroxylation sites is 1. The fourth-order valence-corrected chi connectivity index (χ4v) is 7.39. The van der Waals surface area contributed by atoms with Crippen molar-refractivity contribution in [1.29, 1.82) is 0 Å².